The molecule has 0 rings (SSSR count). The van der Waals surface area contributed by atoms with Crippen LogP contribution in [-0.4, -0.2) is 12.6 Å². The molecule has 0 aromatic heterocycles. The lowest BCUT2D eigenvalue weighted by Gasteiger charge is -2.13. The fraction of sp³-hybridized carbons (Fsp3) is 0.833. The Morgan fingerprint density at radius 3 is 2.15 bits per heavy atom. The van der Waals surface area contributed by atoms with Crippen molar-refractivity contribution < 1.29 is 9.53 Å². The Balaban J connectivity index is 3.54. The lowest BCUT2D eigenvalue weighted by Crippen LogP contribution is -2.00. The van der Waals surface area contributed by atoms with Gasteiger partial charge < -0.3 is 4.74 Å². The van der Waals surface area contributed by atoms with Gasteiger partial charge in [0.2, 0.25) is 0 Å². The number of rotatable bonds is 11. The summed E-state index contributed by atoms with van der Waals surface area (Å²) >= 11 is 0. The minimum absolute atomic E-state index is 0.211. The second kappa shape index (κ2) is 12.0. The number of hydrogen-bond donors (Lipinski definition) is 0. The standard InChI is InChI=1S/C18H34O2/c1-15(2)9-6-10-16(3)11-7-12-17(4)13-8-14-20-18(5)19/h8,13,15-17H,6-7,9-12,14H2,1-5H3/b13-8+. The molecule has 0 saturated heterocycles. The molecule has 2 atom stereocenters. The monoisotopic (exact) mass is 282 g/mol. The van der Waals surface area contributed by atoms with Crippen LogP contribution in [0.2, 0.25) is 0 Å². The fourth-order valence-electron chi connectivity index (χ4n) is 2.36. The van der Waals surface area contributed by atoms with Crippen molar-refractivity contribution in [1.29, 1.82) is 0 Å². The molecule has 0 aliphatic heterocycles. The molecule has 2 heteroatoms. The molecule has 0 aromatic rings. The summed E-state index contributed by atoms with van der Waals surface area (Å²) in [6.45, 7) is 11.1. The molecular weight excluding hydrogens is 248 g/mol. The van der Waals surface area contributed by atoms with E-state index in [2.05, 4.69) is 33.8 Å². The van der Waals surface area contributed by atoms with Crippen molar-refractivity contribution in [1.82, 2.24) is 0 Å². The molecule has 0 saturated carbocycles. The molecule has 0 spiro atoms. The van der Waals surface area contributed by atoms with Crippen molar-refractivity contribution in [3.05, 3.63) is 12.2 Å². The molecule has 2 nitrogen and oxygen atoms in total. The predicted octanol–water partition coefficient (Wildman–Crippen LogP) is 5.37. The molecule has 0 aliphatic rings. The first-order valence-corrected chi connectivity index (χ1v) is 8.21. The zero-order valence-corrected chi connectivity index (χ0v) is 14.2. The number of carbonyl (C=O) groups excluding carboxylic acids is 1. The van der Waals surface area contributed by atoms with Gasteiger partial charge in [0, 0.05) is 6.92 Å². The van der Waals surface area contributed by atoms with Gasteiger partial charge in [0.15, 0.2) is 0 Å². The van der Waals surface area contributed by atoms with E-state index < -0.39 is 0 Å². The van der Waals surface area contributed by atoms with Crippen LogP contribution in [0.5, 0.6) is 0 Å². The summed E-state index contributed by atoms with van der Waals surface area (Å²) in [7, 11) is 0. The quantitative estimate of drug-likeness (QED) is 0.376. The third-order valence-electron chi connectivity index (χ3n) is 3.68. The molecule has 0 heterocycles. The second-order valence-electron chi connectivity index (χ2n) is 6.57. The third-order valence-corrected chi connectivity index (χ3v) is 3.68. The van der Waals surface area contributed by atoms with E-state index in [0.29, 0.717) is 12.5 Å². The number of hydrogen-bond acceptors (Lipinski definition) is 2. The first-order valence-electron chi connectivity index (χ1n) is 8.21. The van der Waals surface area contributed by atoms with E-state index in [0.717, 1.165) is 11.8 Å². The molecule has 0 aliphatic carbocycles. The summed E-state index contributed by atoms with van der Waals surface area (Å²) in [5.41, 5.74) is 0. The van der Waals surface area contributed by atoms with Gasteiger partial charge in [-0.2, -0.15) is 0 Å². The lowest BCUT2D eigenvalue weighted by molar-refractivity contribution is -0.139. The Labute approximate surface area is 126 Å². The molecule has 0 N–H and O–H groups in total. The van der Waals surface area contributed by atoms with Crippen LogP contribution in [0.3, 0.4) is 0 Å². The molecular formula is C18H34O2. The maximum atomic E-state index is 10.6. The van der Waals surface area contributed by atoms with Crippen LogP contribution in [0.4, 0.5) is 0 Å². The molecule has 0 fully saturated rings. The summed E-state index contributed by atoms with van der Waals surface area (Å²) in [6.07, 6.45) is 12.1. The summed E-state index contributed by atoms with van der Waals surface area (Å²) in [4.78, 5) is 10.6. The SMILES string of the molecule is CC(=O)OC/C=C/C(C)CCCC(C)CCCC(C)C. The van der Waals surface area contributed by atoms with Crippen LogP contribution < -0.4 is 0 Å². The molecule has 2 unspecified atom stereocenters. The smallest absolute Gasteiger partial charge is 0.302 e. The first kappa shape index (κ1) is 19.2. The Morgan fingerprint density at radius 2 is 1.60 bits per heavy atom. The molecule has 0 amide bonds. The Bertz CT molecular complexity index is 269. The average molecular weight is 282 g/mol. The van der Waals surface area contributed by atoms with Crippen molar-refractivity contribution in [3.63, 3.8) is 0 Å². The third kappa shape index (κ3) is 13.6. The highest BCUT2D eigenvalue weighted by atomic mass is 16.5. The first-order chi connectivity index (χ1) is 9.41. The van der Waals surface area contributed by atoms with Crippen molar-refractivity contribution in [2.75, 3.05) is 6.61 Å². The lowest BCUT2D eigenvalue weighted by atomic mass is 9.93. The van der Waals surface area contributed by atoms with Crippen LogP contribution in [-0.2, 0) is 9.53 Å². The maximum Gasteiger partial charge on any atom is 0.302 e. The Kier molecular flexibility index (Phi) is 11.5. The van der Waals surface area contributed by atoms with Gasteiger partial charge in [0.25, 0.3) is 0 Å². The summed E-state index contributed by atoms with van der Waals surface area (Å²) in [6, 6.07) is 0. The second-order valence-corrected chi connectivity index (χ2v) is 6.57. The maximum absolute atomic E-state index is 10.6. The number of ether oxygens (including phenoxy) is 1. The van der Waals surface area contributed by atoms with Gasteiger partial charge in [0.1, 0.15) is 6.61 Å². The van der Waals surface area contributed by atoms with Crippen molar-refractivity contribution >= 4 is 5.97 Å². The van der Waals surface area contributed by atoms with E-state index in [1.807, 2.05) is 6.08 Å². The van der Waals surface area contributed by atoms with E-state index in [1.165, 1.54) is 45.4 Å². The average Bonchev–Trinajstić information content (AvgIpc) is 2.34. The summed E-state index contributed by atoms with van der Waals surface area (Å²) < 4.78 is 4.87. The Morgan fingerprint density at radius 1 is 1.00 bits per heavy atom. The van der Waals surface area contributed by atoms with Crippen LogP contribution >= 0.6 is 0 Å². The van der Waals surface area contributed by atoms with E-state index in [1.54, 1.807) is 0 Å². The normalized spacial score (nSPS) is 14.7. The summed E-state index contributed by atoms with van der Waals surface area (Å²) in [5.74, 6) is 2.06. The van der Waals surface area contributed by atoms with Gasteiger partial charge in [-0.15, -0.1) is 0 Å². The van der Waals surface area contributed by atoms with Gasteiger partial charge in [-0.25, -0.2) is 0 Å². The minimum atomic E-state index is -0.211. The van der Waals surface area contributed by atoms with Gasteiger partial charge in [-0.05, 0) is 24.2 Å². The van der Waals surface area contributed by atoms with Gasteiger partial charge in [-0.1, -0.05) is 72.0 Å². The molecule has 20 heavy (non-hydrogen) atoms. The summed E-state index contributed by atoms with van der Waals surface area (Å²) in [5, 5.41) is 0. The zero-order valence-electron chi connectivity index (χ0n) is 14.2. The molecule has 0 bridgehead atoms. The van der Waals surface area contributed by atoms with E-state index in [9.17, 15) is 4.79 Å². The number of esters is 1. The van der Waals surface area contributed by atoms with Crippen LogP contribution in [0.15, 0.2) is 12.2 Å². The van der Waals surface area contributed by atoms with Crippen LogP contribution in [0, 0.1) is 17.8 Å². The van der Waals surface area contributed by atoms with Gasteiger partial charge in [-0.3, -0.25) is 4.79 Å². The van der Waals surface area contributed by atoms with Crippen molar-refractivity contribution in [2.24, 2.45) is 17.8 Å². The highest BCUT2D eigenvalue weighted by Gasteiger charge is 2.04. The minimum Gasteiger partial charge on any atom is -0.462 e. The fourth-order valence-corrected chi connectivity index (χ4v) is 2.36. The predicted molar refractivity (Wildman–Crippen MR) is 86.6 cm³/mol. The van der Waals surface area contributed by atoms with Crippen molar-refractivity contribution in [3.8, 4) is 0 Å². The highest BCUT2D eigenvalue weighted by molar-refractivity contribution is 5.65. The topological polar surface area (TPSA) is 26.3 Å². The molecule has 118 valence electrons. The van der Waals surface area contributed by atoms with Gasteiger partial charge >= 0.3 is 5.97 Å². The van der Waals surface area contributed by atoms with Crippen LogP contribution in [0.25, 0.3) is 0 Å². The number of carbonyl (C=O) groups is 1. The highest BCUT2D eigenvalue weighted by Crippen LogP contribution is 2.19. The van der Waals surface area contributed by atoms with E-state index >= 15 is 0 Å². The van der Waals surface area contributed by atoms with Gasteiger partial charge in [0.05, 0.1) is 0 Å². The van der Waals surface area contributed by atoms with Crippen molar-refractivity contribution in [2.45, 2.75) is 73.1 Å². The largest absolute Gasteiger partial charge is 0.462 e. The zero-order chi connectivity index (χ0) is 15.4. The van der Waals surface area contributed by atoms with E-state index in [-0.39, 0.29) is 5.97 Å². The molecule has 0 aromatic carbocycles. The van der Waals surface area contributed by atoms with E-state index in [4.69, 9.17) is 4.74 Å². The van der Waals surface area contributed by atoms with Crippen LogP contribution in [0.1, 0.15) is 73.1 Å². The Hall–Kier alpha value is -0.790. The number of allylic oxidation sites excluding steroid dienone is 1. The molecule has 0 radical (unpaired) electrons.